The molecule has 0 aliphatic heterocycles. The molecule has 0 spiro atoms. The normalized spacial score (nSPS) is 10.9. The first-order chi connectivity index (χ1) is 14.8. The molecule has 31 heavy (non-hydrogen) atoms. The van der Waals surface area contributed by atoms with Crippen LogP contribution in [0.1, 0.15) is 20.7 Å². The van der Waals surface area contributed by atoms with Crippen molar-refractivity contribution in [1.82, 2.24) is 10.6 Å². The van der Waals surface area contributed by atoms with Crippen LogP contribution in [0.4, 0.5) is 5.69 Å². The summed E-state index contributed by atoms with van der Waals surface area (Å²) in [5, 5.41) is 5.48. The third-order valence-corrected chi connectivity index (χ3v) is 5.01. The number of anilines is 1. The van der Waals surface area contributed by atoms with E-state index >= 15 is 0 Å². The minimum absolute atomic E-state index is 0.218. The molecule has 2 amide bonds. The third kappa shape index (κ3) is 6.68. The summed E-state index contributed by atoms with van der Waals surface area (Å²) in [4.78, 5) is 24.4. The van der Waals surface area contributed by atoms with Crippen molar-refractivity contribution < 1.29 is 18.0 Å². The van der Waals surface area contributed by atoms with Crippen LogP contribution in [0, 0.1) is 0 Å². The Labute approximate surface area is 181 Å². The molecule has 0 aromatic heterocycles. The monoisotopic (exact) mass is 437 g/mol. The molecule has 0 unspecified atom stereocenters. The Kier molecular flexibility index (Phi) is 7.04. The Bertz CT molecular complexity index is 1140. The zero-order chi connectivity index (χ0) is 22.3. The van der Waals surface area contributed by atoms with Crippen LogP contribution in [-0.4, -0.2) is 39.6 Å². The van der Waals surface area contributed by atoms with Crippen LogP contribution in [0.2, 0.25) is 0 Å². The van der Waals surface area contributed by atoms with E-state index < -0.39 is 10.0 Å². The van der Waals surface area contributed by atoms with Crippen LogP contribution in [0.5, 0.6) is 0 Å². The van der Waals surface area contributed by atoms with E-state index in [0.29, 0.717) is 16.8 Å². The molecule has 0 aliphatic carbocycles. The van der Waals surface area contributed by atoms with Gasteiger partial charge in [0.25, 0.3) is 11.8 Å². The lowest BCUT2D eigenvalue weighted by atomic mass is 10.0. The van der Waals surface area contributed by atoms with Gasteiger partial charge in [-0.2, -0.15) is 0 Å². The van der Waals surface area contributed by atoms with Gasteiger partial charge in [0.1, 0.15) is 0 Å². The summed E-state index contributed by atoms with van der Waals surface area (Å²) in [5.41, 5.74) is 3.42. The molecule has 0 fully saturated rings. The molecule has 0 atom stereocenters. The average Bonchev–Trinajstić information content (AvgIpc) is 2.76. The summed E-state index contributed by atoms with van der Waals surface area (Å²) >= 11 is 0. The molecule has 0 saturated heterocycles. The molecule has 3 rings (SSSR count). The average molecular weight is 438 g/mol. The van der Waals surface area contributed by atoms with Crippen LogP contribution in [0.15, 0.2) is 78.9 Å². The van der Waals surface area contributed by atoms with Crippen molar-refractivity contribution >= 4 is 27.5 Å². The maximum Gasteiger partial charge on any atom is 0.251 e. The summed E-state index contributed by atoms with van der Waals surface area (Å²) in [5.74, 6) is -0.530. The molecule has 0 bridgehead atoms. The van der Waals surface area contributed by atoms with Crippen molar-refractivity contribution in [2.24, 2.45) is 0 Å². The fourth-order valence-corrected chi connectivity index (χ4v) is 3.47. The number of sulfonamides is 1. The zero-order valence-corrected chi connectivity index (χ0v) is 17.8. The van der Waals surface area contributed by atoms with Gasteiger partial charge in [-0.25, -0.2) is 8.42 Å². The van der Waals surface area contributed by atoms with Crippen molar-refractivity contribution in [2.75, 3.05) is 24.1 Å². The van der Waals surface area contributed by atoms with E-state index in [-0.39, 0.29) is 24.9 Å². The van der Waals surface area contributed by atoms with Crippen molar-refractivity contribution in [3.8, 4) is 11.1 Å². The zero-order valence-electron chi connectivity index (χ0n) is 17.0. The number of nitrogens with one attached hydrogen (secondary N) is 3. The molecule has 8 heteroatoms. The number of carbonyl (C=O) groups is 2. The second-order valence-electron chi connectivity index (χ2n) is 6.91. The van der Waals surface area contributed by atoms with Gasteiger partial charge < -0.3 is 10.6 Å². The number of rotatable bonds is 8. The lowest BCUT2D eigenvalue weighted by Crippen LogP contribution is -2.34. The van der Waals surface area contributed by atoms with Gasteiger partial charge in [-0.1, -0.05) is 42.5 Å². The fraction of sp³-hybridized carbons (Fsp3) is 0.130. The maximum absolute atomic E-state index is 12.3. The number of hydrogen-bond donors (Lipinski definition) is 3. The van der Waals surface area contributed by atoms with Crippen LogP contribution in [0.3, 0.4) is 0 Å². The van der Waals surface area contributed by atoms with E-state index in [4.69, 9.17) is 0 Å². The lowest BCUT2D eigenvalue weighted by molar-refractivity contribution is 0.0927. The van der Waals surface area contributed by atoms with E-state index in [1.807, 2.05) is 42.5 Å². The highest BCUT2D eigenvalue weighted by atomic mass is 32.2. The van der Waals surface area contributed by atoms with E-state index in [2.05, 4.69) is 15.4 Å². The Morgan fingerprint density at radius 1 is 0.677 bits per heavy atom. The van der Waals surface area contributed by atoms with Gasteiger partial charge in [-0.05, 0) is 47.5 Å². The van der Waals surface area contributed by atoms with Gasteiger partial charge >= 0.3 is 0 Å². The first-order valence-corrected chi connectivity index (χ1v) is 11.5. The van der Waals surface area contributed by atoms with Gasteiger partial charge in [-0.15, -0.1) is 0 Å². The molecule has 3 aromatic carbocycles. The highest BCUT2D eigenvalue weighted by Crippen LogP contribution is 2.19. The fourth-order valence-electron chi connectivity index (χ4n) is 2.90. The van der Waals surface area contributed by atoms with Crippen LogP contribution in [0.25, 0.3) is 11.1 Å². The third-order valence-electron chi connectivity index (χ3n) is 4.40. The van der Waals surface area contributed by atoms with Crippen LogP contribution >= 0.6 is 0 Å². The van der Waals surface area contributed by atoms with Gasteiger partial charge in [0.05, 0.1) is 6.26 Å². The highest BCUT2D eigenvalue weighted by Gasteiger charge is 2.08. The van der Waals surface area contributed by atoms with Crippen LogP contribution in [-0.2, 0) is 10.0 Å². The number of amides is 2. The molecule has 7 nitrogen and oxygen atoms in total. The van der Waals surface area contributed by atoms with Gasteiger partial charge in [-0.3, -0.25) is 14.3 Å². The van der Waals surface area contributed by atoms with Crippen molar-refractivity contribution in [3.63, 3.8) is 0 Å². The second kappa shape index (κ2) is 9.90. The first kappa shape index (κ1) is 22.0. The first-order valence-electron chi connectivity index (χ1n) is 9.61. The largest absolute Gasteiger partial charge is 0.350 e. The molecule has 0 aliphatic rings. The molecule has 0 saturated carbocycles. The summed E-state index contributed by atoms with van der Waals surface area (Å²) in [6, 6.07) is 23.3. The highest BCUT2D eigenvalue weighted by molar-refractivity contribution is 7.92. The molecule has 0 heterocycles. The Morgan fingerprint density at radius 2 is 1.13 bits per heavy atom. The quantitative estimate of drug-likeness (QED) is 0.471. The SMILES string of the molecule is CS(=O)(=O)Nc1ccc(C(=O)NCCNC(=O)c2ccc(-c3ccccc3)cc2)cc1. The lowest BCUT2D eigenvalue weighted by Gasteiger charge is -2.09. The summed E-state index contributed by atoms with van der Waals surface area (Å²) < 4.78 is 24.7. The van der Waals surface area contributed by atoms with Crippen molar-refractivity contribution in [3.05, 3.63) is 90.0 Å². The topological polar surface area (TPSA) is 104 Å². The number of benzene rings is 3. The minimum atomic E-state index is -3.37. The molecule has 160 valence electrons. The van der Waals surface area contributed by atoms with Crippen molar-refractivity contribution in [1.29, 1.82) is 0 Å². The summed E-state index contributed by atoms with van der Waals surface area (Å²) in [7, 11) is -3.37. The van der Waals surface area contributed by atoms with E-state index in [1.54, 1.807) is 12.1 Å². The number of hydrogen-bond acceptors (Lipinski definition) is 4. The second-order valence-corrected chi connectivity index (χ2v) is 8.66. The smallest absolute Gasteiger partial charge is 0.251 e. The van der Waals surface area contributed by atoms with Gasteiger partial charge in [0.2, 0.25) is 10.0 Å². The predicted octanol–water partition coefficient (Wildman–Crippen LogP) is 2.88. The summed E-state index contributed by atoms with van der Waals surface area (Å²) in [6.07, 6.45) is 1.06. The Balaban J connectivity index is 1.45. The molecular weight excluding hydrogens is 414 g/mol. The Morgan fingerprint density at radius 3 is 1.61 bits per heavy atom. The Hall–Kier alpha value is -3.65. The van der Waals surface area contributed by atoms with Gasteiger partial charge in [0, 0.05) is 29.9 Å². The molecule has 0 radical (unpaired) electrons. The maximum atomic E-state index is 12.3. The predicted molar refractivity (Wildman–Crippen MR) is 121 cm³/mol. The van der Waals surface area contributed by atoms with Crippen LogP contribution < -0.4 is 15.4 Å². The molecular formula is C23H23N3O4S. The molecule has 3 aromatic rings. The van der Waals surface area contributed by atoms with Gasteiger partial charge in [0.15, 0.2) is 0 Å². The van der Waals surface area contributed by atoms with Crippen molar-refractivity contribution in [2.45, 2.75) is 0 Å². The molecule has 3 N–H and O–H groups in total. The van der Waals surface area contributed by atoms with E-state index in [1.165, 1.54) is 24.3 Å². The minimum Gasteiger partial charge on any atom is -0.350 e. The van der Waals surface area contributed by atoms with E-state index in [9.17, 15) is 18.0 Å². The standard InChI is InChI=1S/C23H23N3O4S/c1-31(29,30)26-21-13-11-20(12-14-21)23(28)25-16-15-24-22(27)19-9-7-18(8-10-19)17-5-3-2-4-6-17/h2-14,26H,15-16H2,1H3,(H,24,27)(H,25,28). The summed E-state index contributed by atoms with van der Waals surface area (Å²) in [6.45, 7) is 0.536. The number of carbonyl (C=O) groups excluding carboxylic acids is 2. The van der Waals surface area contributed by atoms with E-state index in [0.717, 1.165) is 17.4 Å².